The molecule has 0 spiro atoms. The molecule has 0 unspecified atom stereocenters. The predicted octanol–water partition coefficient (Wildman–Crippen LogP) is 5.70. The Morgan fingerprint density at radius 2 is 2.13 bits per heavy atom. The van der Waals surface area contributed by atoms with Gasteiger partial charge in [0.25, 0.3) is 0 Å². The molecule has 0 amide bonds. The van der Waals surface area contributed by atoms with Gasteiger partial charge in [-0.25, -0.2) is 0 Å². The van der Waals surface area contributed by atoms with E-state index in [9.17, 15) is 0 Å². The molecule has 3 N–H and O–H groups in total. The third kappa shape index (κ3) is 5.29. The Balaban J connectivity index is 1.70. The Morgan fingerprint density at radius 3 is 2.87 bits per heavy atom. The van der Waals surface area contributed by atoms with Gasteiger partial charge in [0.2, 0.25) is 4.29 Å². The molecular weight excluding hydrogens is 372 g/mol. The Kier molecular flexibility index (Phi) is 6.13. The van der Waals surface area contributed by atoms with Gasteiger partial charge in [-0.1, -0.05) is 51.0 Å². The second-order valence-corrected chi connectivity index (χ2v) is 11.2. The standard InChI is InChI=1S/C27H44O3/c1-18(8-6-14-26(3,4)30)23-12-13-24-20(9-7-15-27(23,24)5)10-11-21-16-22(28)17-25(29)19(21)2/h10-11,18,22-25,28-30H,2,6-9,12-17H2,1,3-5H3/b20-10+,21-11-/t18-,22-,23-,24+,25+,27-/m1/s1/i28D,29D,30D. The monoisotopic (exact) mass is 419 g/mol. The van der Waals surface area contributed by atoms with Crippen molar-refractivity contribution in [3.63, 3.8) is 0 Å². The zero-order chi connectivity index (χ0) is 24.2. The van der Waals surface area contributed by atoms with Gasteiger partial charge in [-0.3, -0.25) is 0 Å². The Labute approximate surface area is 188 Å². The number of hydrogen-bond donors (Lipinski definition) is 3. The zero-order valence-electron chi connectivity index (χ0n) is 22.5. The number of fused-ring (bicyclic) bond motifs is 1. The van der Waals surface area contributed by atoms with Gasteiger partial charge < -0.3 is 15.3 Å². The van der Waals surface area contributed by atoms with E-state index in [-0.39, 0.29) is 11.7 Å². The fourth-order valence-corrected chi connectivity index (χ4v) is 6.70. The summed E-state index contributed by atoms with van der Waals surface area (Å²) in [6.45, 7) is 13.1. The first-order valence-corrected chi connectivity index (χ1v) is 12.1. The third-order valence-corrected chi connectivity index (χ3v) is 8.39. The molecule has 0 bridgehead atoms. The normalized spacial score (nSPS) is 40.1. The second-order valence-electron chi connectivity index (χ2n) is 11.2. The van der Waals surface area contributed by atoms with Gasteiger partial charge in [-0.05, 0) is 93.1 Å². The van der Waals surface area contributed by atoms with Crippen LogP contribution in [-0.4, -0.2) is 37.4 Å². The van der Waals surface area contributed by atoms with Gasteiger partial charge in [-0.15, -0.1) is 0 Å². The van der Waals surface area contributed by atoms with Crippen molar-refractivity contribution in [2.24, 2.45) is 23.2 Å². The number of allylic oxidation sites excluding steroid dienone is 3. The zero-order valence-corrected chi connectivity index (χ0v) is 19.5. The molecule has 3 fully saturated rings. The van der Waals surface area contributed by atoms with Crippen LogP contribution in [0.3, 0.4) is 0 Å². The highest BCUT2D eigenvalue weighted by atomic mass is 16.3. The van der Waals surface area contributed by atoms with Crippen molar-refractivity contribution >= 4 is 0 Å². The van der Waals surface area contributed by atoms with E-state index in [2.05, 4.69) is 32.6 Å². The average molecular weight is 420 g/mol. The summed E-state index contributed by atoms with van der Waals surface area (Å²) in [7, 11) is 0. The first-order chi connectivity index (χ1) is 15.6. The van der Waals surface area contributed by atoms with Crippen molar-refractivity contribution in [3.8, 4) is 0 Å². The molecule has 3 rings (SSSR count). The highest BCUT2D eigenvalue weighted by Crippen LogP contribution is 2.60. The summed E-state index contributed by atoms with van der Waals surface area (Å²) in [5.41, 5.74) is 3.46. The van der Waals surface area contributed by atoms with Crippen LogP contribution in [0.2, 0.25) is 0 Å². The minimum atomic E-state index is -0.391. The van der Waals surface area contributed by atoms with Crippen LogP contribution in [0.4, 0.5) is 0 Å². The van der Waals surface area contributed by atoms with Crippen LogP contribution >= 0.6 is 0 Å². The van der Waals surface area contributed by atoms with E-state index in [0.717, 1.165) is 36.3 Å². The van der Waals surface area contributed by atoms with Crippen LogP contribution < -0.4 is 0 Å². The SMILES string of the molecule is [2H]O[C@@H]1C/C(=C/C=C2\CCC[C@]3(C)[C@@H]([C@H](C)CCCC(C)(C)O[2H])CC[C@@H]23)C(=C)[C@@H](O[2H])C1. The van der Waals surface area contributed by atoms with Crippen LogP contribution in [0.1, 0.15) is 91.9 Å². The first kappa shape index (κ1) is 19.8. The molecule has 0 radical (unpaired) electrons. The van der Waals surface area contributed by atoms with Crippen molar-refractivity contribution in [1.82, 2.24) is 0 Å². The highest BCUT2D eigenvalue weighted by molar-refractivity contribution is 5.38. The van der Waals surface area contributed by atoms with E-state index >= 15 is 0 Å². The largest absolute Gasteiger partial charge is 0.393 e. The summed E-state index contributed by atoms with van der Waals surface area (Å²) in [5.74, 6) is 2.06. The Bertz CT molecular complexity index is 747. The molecule has 0 aliphatic heterocycles. The lowest BCUT2D eigenvalue weighted by atomic mass is 9.60. The minimum Gasteiger partial charge on any atom is -0.393 e. The fraction of sp³-hybridized carbons (Fsp3) is 0.778. The topological polar surface area (TPSA) is 60.7 Å². The van der Waals surface area contributed by atoms with Crippen molar-refractivity contribution < 1.29 is 15.3 Å². The minimum absolute atomic E-state index is 0.241. The van der Waals surface area contributed by atoms with Crippen LogP contribution in [0.15, 0.2) is 35.5 Å². The molecule has 0 saturated heterocycles. The fourth-order valence-electron chi connectivity index (χ4n) is 6.70. The molecule has 3 nitrogen and oxygen atoms in total. The average Bonchev–Trinajstić information content (AvgIpc) is 3.15. The number of hydrogen-bond acceptors (Lipinski definition) is 3. The maximum atomic E-state index is 7.35. The number of aliphatic hydroxyl groups excluding tert-OH is 2. The summed E-state index contributed by atoms with van der Waals surface area (Å²) in [5, 5.41) is 14.6. The van der Waals surface area contributed by atoms with E-state index in [0.29, 0.717) is 30.1 Å². The van der Waals surface area contributed by atoms with Crippen molar-refractivity contribution in [1.29, 1.82) is 4.29 Å². The molecule has 3 heteroatoms. The van der Waals surface area contributed by atoms with Gasteiger partial charge in [-0.2, -0.15) is 0 Å². The molecule has 0 heterocycles. The second kappa shape index (κ2) is 9.30. The number of aliphatic hydroxyl groups is 3. The summed E-state index contributed by atoms with van der Waals surface area (Å²) >= 11 is 0. The van der Waals surface area contributed by atoms with E-state index in [4.69, 9.17) is 19.6 Å². The van der Waals surface area contributed by atoms with Crippen LogP contribution in [-0.2, 0) is 0 Å². The van der Waals surface area contributed by atoms with Crippen molar-refractivity contribution in [3.05, 3.63) is 35.5 Å². The third-order valence-electron chi connectivity index (χ3n) is 8.39. The molecule has 0 aromatic heterocycles. The number of rotatable bonds is 9. The van der Waals surface area contributed by atoms with Crippen LogP contribution in [0.25, 0.3) is 0 Å². The highest BCUT2D eigenvalue weighted by Gasteiger charge is 2.50. The quantitative estimate of drug-likeness (QED) is 0.449. The van der Waals surface area contributed by atoms with Gasteiger partial charge in [0.1, 0.15) is 0 Å². The molecule has 170 valence electrons. The lowest BCUT2D eigenvalue weighted by molar-refractivity contribution is 0.0596. The van der Waals surface area contributed by atoms with Gasteiger partial charge in [0.05, 0.1) is 17.8 Å². The van der Waals surface area contributed by atoms with Crippen LogP contribution in [0.5, 0.6) is 0 Å². The Morgan fingerprint density at radius 1 is 1.30 bits per heavy atom. The molecule has 3 aliphatic rings. The summed E-state index contributed by atoms with van der Waals surface area (Å²) < 4.78 is 21.9. The first-order valence-electron chi connectivity index (χ1n) is 13.3. The molecule has 30 heavy (non-hydrogen) atoms. The molecule has 3 aliphatic carbocycles. The Hall–Kier alpha value is -0.900. The summed E-state index contributed by atoms with van der Waals surface area (Å²) in [6.07, 6.45) is 14.5. The predicted molar refractivity (Wildman–Crippen MR) is 124 cm³/mol. The van der Waals surface area contributed by atoms with Gasteiger partial charge in [0.15, 0.2) is 0 Å². The van der Waals surface area contributed by atoms with E-state index in [1.54, 1.807) is 5.57 Å². The van der Waals surface area contributed by atoms with Gasteiger partial charge in [0, 0.05) is 6.42 Å². The maximum absolute atomic E-state index is 7.35. The molecule has 3 saturated carbocycles. The maximum Gasteiger partial charge on any atom is 0.211 e. The van der Waals surface area contributed by atoms with E-state index < -0.39 is 6.10 Å². The van der Waals surface area contributed by atoms with E-state index in [1.165, 1.54) is 32.1 Å². The smallest absolute Gasteiger partial charge is 0.211 e. The molecule has 0 aromatic rings. The van der Waals surface area contributed by atoms with Crippen molar-refractivity contribution in [2.75, 3.05) is 0 Å². The molecule has 6 atom stereocenters. The summed E-state index contributed by atoms with van der Waals surface area (Å²) in [6, 6.07) is 0. The lowest BCUT2D eigenvalue weighted by Crippen LogP contribution is -2.36. The van der Waals surface area contributed by atoms with Crippen molar-refractivity contribution in [2.45, 2.75) is 110 Å². The van der Waals surface area contributed by atoms with Gasteiger partial charge >= 0.3 is 0 Å². The lowest BCUT2D eigenvalue weighted by Gasteiger charge is -2.44. The molecule has 0 aromatic carbocycles. The summed E-state index contributed by atoms with van der Waals surface area (Å²) in [4.78, 5) is 0. The van der Waals surface area contributed by atoms with Crippen LogP contribution in [0, 0.1) is 23.2 Å². The van der Waals surface area contributed by atoms with E-state index in [1.807, 2.05) is 13.8 Å². The molecular formula is C27H44O3.